The molecule has 8 heteroatoms. The molecule has 0 spiro atoms. The summed E-state index contributed by atoms with van der Waals surface area (Å²) in [5, 5.41) is 0. The normalized spacial score (nSPS) is 21.0. The maximum absolute atomic E-state index is 12.9. The molecule has 2 aromatic carbocycles. The van der Waals surface area contributed by atoms with Crippen molar-refractivity contribution >= 4 is 20.0 Å². The van der Waals surface area contributed by atoms with Crippen LogP contribution < -0.4 is 4.72 Å². The van der Waals surface area contributed by atoms with Crippen LogP contribution >= 0.6 is 0 Å². The first-order chi connectivity index (χ1) is 14.4. The van der Waals surface area contributed by atoms with Crippen LogP contribution in [0.2, 0.25) is 0 Å². The lowest BCUT2D eigenvalue weighted by atomic mass is 9.88. The van der Waals surface area contributed by atoms with Crippen LogP contribution in [-0.4, -0.2) is 34.2 Å². The van der Waals surface area contributed by atoms with Gasteiger partial charge in [-0.3, -0.25) is 0 Å². The summed E-state index contributed by atoms with van der Waals surface area (Å²) < 4.78 is 56.1. The molecule has 1 atom stereocenters. The molecular formula is C22H28N2O4S2. The van der Waals surface area contributed by atoms with Crippen molar-refractivity contribution in [2.24, 2.45) is 0 Å². The predicted octanol–water partition coefficient (Wildman–Crippen LogP) is 3.61. The lowest BCUT2D eigenvalue weighted by molar-refractivity contribution is 0.423. The Kier molecular flexibility index (Phi) is 6.29. The Hall–Kier alpha value is -1.74. The summed E-state index contributed by atoms with van der Waals surface area (Å²) in [6, 6.07) is 13.2. The molecular weight excluding hydrogens is 420 g/mol. The number of aryl methyl sites for hydroxylation is 1. The van der Waals surface area contributed by atoms with Crippen molar-refractivity contribution in [3.63, 3.8) is 0 Å². The molecule has 30 heavy (non-hydrogen) atoms. The van der Waals surface area contributed by atoms with E-state index in [4.69, 9.17) is 0 Å². The van der Waals surface area contributed by atoms with Crippen molar-refractivity contribution in [3.8, 4) is 0 Å². The van der Waals surface area contributed by atoms with Crippen LogP contribution in [0.25, 0.3) is 0 Å². The average molecular weight is 449 g/mol. The zero-order chi connectivity index (χ0) is 21.2. The minimum Gasteiger partial charge on any atom is -0.207 e. The first-order valence-electron chi connectivity index (χ1n) is 10.6. The van der Waals surface area contributed by atoms with E-state index in [-0.39, 0.29) is 15.8 Å². The summed E-state index contributed by atoms with van der Waals surface area (Å²) in [6.45, 7) is 1.04. The molecule has 2 aliphatic rings. The molecule has 1 aliphatic carbocycles. The molecule has 0 saturated carbocycles. The van der Waals surface area contributed by atoms with E-state index in [1.165, 1.54) is 34.1 Å². The fourth-order valence-electron chi connectivity index (χ4n) is 4.35. The fourth-order valence-corrected chi connectivity index (χ4v) is 7.12. The molecule has 4 rings (SSSR count). The van der Waals surface area contributed by atoms with Crippen LogP contribution in [0.3, 0.4) is 0 Å². The molecule has 162 valence electrons. The maximum Gasteiger partial charge on any atom is 0.243 e. The van der Waals surface area contributed by atoms with Crippen molar-refractivity contribution in [1.82, 2.24) is 9.03 Å². The largest absolute Gasteiger partial charge is 0.243 e. The summed E-state index contributed by atoms with van der Waals surface area (Å²) in [7, 11) is -7.35. The van der Waals surface area contributed by atoms with Gasteiger partial charge in [0.2, 0.25) is 20.0 Å². The van der Waals surface area contributed by atoms with Gasteiger partial charge in [-0.15, -0.1) is 0 Å². The highest BCUT2D eigenvalue weighted by molar-refractivity contribution is 7.89. The number of nitrogens with zero attached hydrogens (tertiary/aromatic N) is 1. The quantitative estimate of drug-likeness (QED) is 0.757. The van der Waals surface area contributed by atoms with Gasteiger partial charge >= 0.3 is 0 Å². The van der Waals surface area contributed by atoms with E-state index in [9.17, 15) is 16.8 Å². The molecule has 1 unspecified atom stereocenters. The lowest BCUT2D eigenvalue weighted by Gasteiger charge is -2.26. The molecule has 1 N–H and O–H groups in total. The number of benzene rings is 2. The van der Waals surface area contributed by atoms with Gasteiger partial charge in [0.15, 0.2) is 0 Å². The Labute approximate surface area is 179 Å². The Balaban J connectivity index is 1.53. The fraction of sp³-hybridized carbons (Fsp3) is 0.455. The SMILES string of the molecule is O=S(=O)(NC1CCCc2ccccc21)c1ccc(S(=O)(=O)N2CCCCCC2)cc1. The van der Waals surface area contributed by atoms with Crippen LogP contribution in [0.15, 0.2) is 58.3 Å². The second-order valence-electron chi connectivity index (χ2n) is 8.05. The van der Waals surface area contributed by atoms with E-state index >= 15 is 0 Å². The predicted molar refractivity (Wildman–Crippen MR) is 116 cm³/mol. The molecule has 0 aromatic heterocycles. The first kappa shape index (κ1) is 21.5. The van der Waals surface area contributed by atoms with Gasteiger partial charge in [-0.1, -0.05) is 37.1 Å². The summed E-state index contributed by atoms with van der Waals surface area (Å²) >= 11 is 0. The number of fused-ring (bicyclic) bond motifs is 1. The van der Waals surface area contributed by atoms with Gasteiger partial charge in [-0.05, 0) is 67.5 Å². The zero-order valence-electron chi connectivity index (χ0n) is 17.0. The van der Waals surface area contributed by atoms with Gasteiger partial charge in [0, 0.05) is 19.1 Å². The number of rotatable bonds is 5. The summed E-state index contributed by atoms with van der Waals surface area (Å²) in [5.41, 5.74) is 2.20. The smallest absolute Gasteiger partial charge is 0.207 e. The average Bonchev–Trinajstić information content (AvgIpc) is 3.04. The van der Waals surface area contributed by atoms with E-state index in [0.29, 0.717) is 13.1 Å². The Bertz CT molecular complexity index is 1090. The van der Waals surface area contributed by atoms with Crippen LogP contribution in [0.1, 0.15) is 55.7 Å². The minimum atomic E-state index is -3.75. The third-order valence-electron chi connectivity index (χ3n) is 6.00. The minimum absolute atomic E-state index is 0.0837. The third-order valence-corrected chi connectivity index (χ3v) is 9.40. The molecule has 1 heterocycles. The summed E-state index contributed by atoms with van der Waals surface area (Å²) in [6.07, 6.45) is 6.43. The summed E-state index contributed by atoms with van der Waals surface area (Å²) in [5.74, 6) is 0. The Morgan fingerprint density at radius 1 is 0.767 bits per heavy atom. The molecule has 1 saturated heterocycles. The highest BCUT2D eigenvalue weighted by atomic mass is 32.2. The van der Waals surface area contributed by atoms with Crippen molar-refractivity contribution in [1.29, 1.82) is 0 Å². The van der Waals surface area contributed by atoms with E-state index in [2.05, 4.69) is 4.72 Å². The van der Waals surface area contributed by atoms with Crippen LogP contribution in [0.5, 0.6) is 0 Å². The van der Waals surface area contributed by atoms with E-state index in [1.807, 2.05) is 24.3 Å². The Morgan fingerprint density at radius 2 is 1.40 bits per heavy atom. The Morgan fingerprint density at radius 3 is 2.10 bits per heavy atom. The highest BCUT2D eigenvalue weighted by Crippen LogP contribution is 2.31. The van der Waals surface area contributed by atoms with E-state index < -0.39 is 20.0 Å². The van der Waals surface area contributed by atoms with Crippen molar-refractivity contribution in [2.45, 2.75) is 60.8 Å². The van der Waals surface area contributed by atoms with Crippen LogP contribution in [0, 0.1) is 0 Å². The zero-order valence-corrected chi connectivity index (χ0v) is 18.6. The topological polar surface area (TPSA) is 83.5 Å². The van der Waals surface area contributed by atoms with Gasteiger partial charge in [-0.2, -0.15) is 4.31 Å². The lowest BCUT2D eigenvalue weighted by Crippen LogP contribution is -2.32. The first-order valence-corrected chi connectivity index (χ1v) is 13.5. The van der Waals surface area contributed by atoms with Gasteiger partial charge in [0.25, 0.3) is 0 Å². The van der Waals surface area contributed by atoms with E-state index in [1.54, 1.807) is 0 Å². The molecule has 0 bridgehead atoms. The highest BCUT2D eigenvalue weighted by Gasteiger charge is 2.28. The van der Waals surface area contributed by atoms with Gasteiger partial charge < -0.3 is 0 Å². The maximum atomic E-state index is 12.9. The number of hydrogen-bond acceptors (Lipinski definition) is 4. The second-order valence-corrected chi connectivity index (χ2v) is 11.7. The van der Waals surface area contributed by atoms with Gasteiger partial charge in [-0.25, -0.2) is 21.6 Å². The monoisotopic (exact) mass is 448 g/mol. The van der Waals surface area contributed by atoms with Gasteiger partial charge in [0.05, 0.1) is 9.79 Å². The van der Waals surface area contributed by atoms with Crippen molar-refractivity contribution < 1.29 is 16.8 Å². The van der Waals surface area contributed by atoms with Crippen molar-refractivity contribution in [2.75, 3.05) is 13.1 Å². The summed E-state index contributed by atoms with van der Waals surface area (Å²) in [4.78, 5) is 0.228. The number of sulfonamides is 2. The standard InChI is InChI=1S/C22H28N2O4S2/c25-29(26,23-22-11-7-9-18-8-3-4-10-21(18)22)19-12-14-20(15-13-19)30(27,28)24-16-5-1-2-6-17-24/h3-4,8,10,12-15,22-23H,1-2,5-7,9,11,16-17H2. The number of hydrogen-bond donors (Lipinski definition) is 1. The molecule has 0 amide bonds. The molecule has 1 aliphatic heterocycles. The van der Waals surface area contributed by atoms with Crippen molar-refractivity contribution in [3.05, 3.63) is 59.7 Å². The molecule has 0 radical (unpaired) electrons. The third kappa shape index (κ3) is 4.46. The molecule has 6 nitrogen and oxygen atoms in total. The van der Waals surface area contributed by atoms with Crippen LogP contribution in [-0.2, 0) is 26.5 Å². The molecule has 1 fully saturated rings. The van der Waals surface area contributed by atoms with E-state index in [0.717, 1.165) is 50.5 Å². The van der Waals surface area contributed by atoms with Gasteiger partial charge in [0.1, 0.15) is 0 Å². The second kappa shape index (κ2) is 8.78. The number of nitrogens with one attached hydrogen (secondary N) is 1. The van der Waals surface area contributed by atoms with Crippen LogP contribution in [0.4, 0.5) is 0 Å². The molecule has 2 aromatic rings.